The molecule has 0 aliphatic heterocycles. The molecule has 1 aromatic carbocycles. The van der Waals surface area contributed by atoms with Crippen LogP contribution in [0, 0.1) is 6.92 Å². The van der Waals surface area contributed by atoms with E-state index in [1.807, 2.05) is 31.2 Å². The van der Waals surface area contributed by atoms with Crippen molar-refractivity contribution in [3.63, 3.8) is 0 Å². The Balaban J connectivity index is 2.04. The van der Waals surface area contributed by atoms with Crippen LogP contribution in [0.15, 0.2) is 24.3 Å². The van der Waals surface area contributed by atoms with Crippen molar-refractivity contribution in [1.82, 2.24) is 4.98 Å². The Morgan fingerprint density at radius 1 is 1.25 bits per heavy atom. The van der Waals surface area contributed by atoms with Gasteiger partial charge in [-0.1, -0.05) is 19.1 Å². The number of thiazole rings is 1. The maximum absolute atomic E-state index is 6.28. The Bertz CT molecular complexity index is 548. The molecule has 20 heavy (non-hydrogen) atoms. The number of aryl methyl sites for hydroxylation is 2. The second-order valence-corrected chi connectivity index (χ2v) is 6.06. The van der Waals surface area contributed by atoms with Crippen molar-refractivity contribution in [3.8, 4) is 5.75 Å². The van der Waals surface area contributed by atoms with Crippen LogP contribution in [0.5, 0.6) is 5.75 Å². The molecule has 4 heteroatoms. The molecule has 0 aliphatic carbocycles. The summed E-state index contributed by atoms with van der Waals surface area (Å²) in [6.45, 7) is 6.93. The number of hydrogen-bond donors (Lipinski definition) is 1. The fourth-order valence-electron chi connectivity index (χ4n) is 2.19. The van der Waals surface area contributed by atoms with Crippen LogP contribution in [-0.2, 0) is 12.8 Å². The molecule has 1 heterocycles. The molecule has 0 saturated carbocycles. The van der Waals surface area contributed by atoms with Crippen LogP contribution >= 0.6 is 11.3 Å². The highest BCUT2D eigenvalue weighted by molar-refractivity contribution is 7.11. The first-order valence-corrected chi connectivity index (χ1v) is 7.89. The van der Waals surface area contributed by atoms with Gasteiger partial charge in [0.15, 0.2) is 0 Å². The Kier molecular flexibility index (Phi) is 5.15. The van der Waals surface area contributed by atoms with Gasteiger partial charge in [-0.15, -0.1) is 11.3 Å². The lowest BCUT2D eigenvalue weighted by Gasteiger charge is -2.11. The molecule has 1 unspecified atom stereocenters. The van der Waals surface area contributed by atoms with Gasteiger partial charge in [0, 0.05) is 17.3 Å². The van der Waals surface area contributed by atoms with Crippen molar-refractivity contribution in [2.75, 3.05) is 6.61 Å². The minimum Gasteiger partial charge on any atom is -0.494 e. The summed E-state index contributed by atoms with van der Waals surface area (Å²) in [6.07, 6.45) is 1.78. The van der Waals surface area contributed by atoms with Crippen LogP contribution in [0.2, 0.25) is 0 Å². The molecule has 0 radical (unpaired) electrons. The molecule has 0 amide bonds. The molecule has 2 rings (SSSR count). The fourth-order valence-corrected chi connectivity index (χ4v) is 3.27. The van der Waals surface area contributed by atoms with Crippen molar-refractivity contribution in [2.45, 2.75) is 39.7 Å². The predicted octanol–water partition coefficient (Wildman–Crippen LogP) is 3.66. The summed E-state index contributed by atoms with van der Waals surface area (Å²) in [7, 11) is 0. The first kappa shape index (κ1) is 15.0. The molecule has 1 aromatic heterocycles. The van der Waals surface area contributed by atoms with E-state index >= 15 is 0 Å². The lowest BCUT2D eigenvalue weighted by atomic mass is 10.1. The van der Waals surface area contributed by atoms with Crippen molar-refractivity contribution < 1.29 is 4.74 Å². The summed E-state index contributed by atoms with van der Waals surface area (Å²) in [5.41, 5.74) is 8.60. The zero-order chi connectivity index (χ0) is 14.5. The van der Waals surface area contributed by atoms with Crippen LogP contribution in [0.4, 0.5) is 0 Å². The van der Waals surface area contributed by atoms with E-state index in [1.165, 1.54) is 10.6 Å². The van der Waals surface area contributed by atoms with Gasteiger partial charge in [-0.3, -0.25) is 0 Å². The quantitative estimate of drug-likeness (QED) is 0.883. The van der Waals surface area contributed by atoms with Gasteiger partial charge in [-0.2, -0.15) is 0 Å². The van der Waals surface area contributed by atoms with Crippen molar-refractivity contribution >= 4 is 11.3 Å². The Hall–Kier alpha value is -1.39. The maximum Gasteiger partial charge on any atom is 0.119 e. The minimum atomic E-state index is -0.0130. The SMILES string of the molecule is CCOc1ccc(C(N)Cc2nc(CC)c(C)s2)cc1. The van der Waals surface area contributed by atoms with Crippen LogP contribution in [0.1, 0.15) is 41.0 Å². The maximum atomic E-state index is 6.28. The van der Waals surface area contributed by atoms with E-state index in [1.54, 1.807) is 11.3 Å². The number of rotatable bonds is 6. The average Bonchev–Trinajstić information content (AvgIpc) is 2.80. The smallest absolute Gasteiger partial charge is 0.119 e. The molecule has 0 saturated heterocycles. The first-order valence-electron chi connectivity index (χ1n) is 7.07. The second-order valence-electron chi connectivity index (χ2n) is 4.78. The monoisotopic (exact) mass is 290 g/mol. The van der Waals surface area contributed by atoms with E-state index < -0.39 is 0 Å². The highest BCUT2D eigenvalue weighted by Crippen LogP contribution is 2.24. The zero-order valence-corrected chi connectivity index (χ0v) is 13.2. The molecule has 0 fully saturated rings. The predicted molar refractivity (Wildman–Crippen MR) is 84.5 cm³/mol. The number of benzene rings is 1. The third-order valence-electron chi connectivity index (χ3n) is 3.29. The fraction of sp³-hybridized carbons (Fsp3) is 0.438. The van der Waals surface area contributed by atoms with Gasteiger partial charge < -0.3 is 10.5 Å². The van der Waals surface area contributed by atoms with E-state index in [-0.39, 0.29) is 6.04 Å². The van der Waals surface area contributed by atoms with Crippen LogP contribution in [-0.4, -0.2) is 11.6 Å². The minimum absolute atomic E-state index is 0.0130. The summed E-state index contributed by atoms with van der Waals surface area (Å²) in [5, 5.41) is 1.13. The third-order valence-corrected chi connectivity index (χ3v) is 4.32. The van der Waals surface area contributed by atoms with Gasteiger partial charge in [-0.25, -0.2) is 4.98 Å². The van der Waals surface area contributed by atoms with Crippen LogP contribution in [0.3, 0.4) is 0 Å². The molecule has 2 aromatic rings. The van der Waals surface area contributed by atoms with Crippen molar-refractivity contribution in [1.29, 1.82) is 0 Å². The van der Waals surface area contributed by atoms with Gasteiger partial charge in [0.25, 0.3) is 0 Å². The normalized spacial score (nSPS) is 12.4. The van der Waals surface area contributed by atoms with Gasteiger partial charge >= 0.3 is 0 Å². The van der Waals surface area contributed by atoms with E-state index in [4.69, 9.17) is 10.5 Å². The highest BCUT2D eigenvalue weighted by atomic mass is 32.1. The van der Waals surface area contributed by atoms with Gasteiger partial charge in [0.1, 0.15) is 5.75 Å². The molecule has 0 bridgehead atoms. The summed E-state index contributed by atoms with van der Waals surface area (Å²) >= 11 is 1.76. The van der Waals surface area contributed by atoms with E-state index in [9.17, 15) is 0 Å². The van der Waals surface area contributed by atoms with Crippen molar-refractivity contribution in [2.24, 2.45) is 5.73 Å². The Morgan fingerprint density at radius 2 is 1.95 bits per heavy atom. The third kappa shape index (κ3) is 3.58. The summed E-state index contributed by atoms with van der Waals surface area (Å²) in [5.74, 6) is 0.891. The summed E-state index contributed by atoms with van der Waals surface area (Å²) < 4.78 is 5.44. The topological polar surface area (TPSA) is 48.1 Å². The van der Waals surface area contributed by atoms with E-state index in [0.29, 0.717) is 6.61 Å². The molecular formula is C16H22N2OS. The van der Waals surface area contributed by atoms with Gasteiger partial charge in [0.2, 0.25) is 0 Å². The summed E-state index contributed by atoms with van der Waals surface area (Å²) in [6, 6.07) is 8.01. The van der Waals surface area contributed by atoms with Gasteiger partial charge in [-0.05, 0) is 38.0 Å². The molecule has 1 atom stereocenters. The van der Waals surface area contributed by atoms with Crippen LogP contribution < -0.4 is 10.5 Å². The molecular weight excluding hydrogens is 268 g/mol. The molecule has 3 nitrogen and oxygen atoms in total. The molecule has 0 spiro atoms. The number of nitrogens with zero attached hydrogens (tertiary/aromatic N) is 1. The number of ether oxygens (including phenoxy) is 1. The van der Waals surface area contributed by atoms with E-state index in [2.05, 4.69) is 18.8 Å². The summed E-state index contributed by atoms with van der Waals surface area (Å²) in [4.78, 5) is 5.96. The lowest BCUT2D eigenvalue weighted by Crippen LogP contribution is -2.13. The van der Waals surface area contributed by atoms with E-state index in [0.717, 1.165) is 29.2 Å². The molecule has 0 aliphatic rings. The molecule has 108 valence electrons. The average molecular weight is 290 g/mol. The van der Waals surface area contributed by atoms with Crippen LogP contribution in [0.25, 0.3) is 0 Å². The Morgan fingerprint density at radius 3 is 2.50 bits per heavy atom. The number of hydrogen-bond acceptors (Lipinski definition) is 4. The molecule has 2 N–H and O–H groups in total. The standard InChI is InChI=1S/C16H22N2OS/c1-4-15-11(3)20-16(18-15)10-14(17)12-6-8-13(9-7-12)19-5-2/h6-9,14H,4-5,10,17H2,1-3H3. The number of nitrogens with two attached hydrogens (primary N) is 1. The largest absolute Gasteiger partial charge is 0.494 e. The lowest BCUT2D eigenvalue weighted by molar-refractivity contribution is 0.340. The number of aromatic nitrogens is 1. The Labute approximate surface area is 124 Å². The van der Waals surface area contributed by atoms with Gasteiger partial charge in [0.05, 0.1) is 17.3 Å². The first-order chi connectivity index (χ1) is 9.63. The zero-order valence-electron chi connectivity index (χ0n) is 12.3. The highest BCUT2D eigenvalue weighted by Gasteiger charge is 2.12. The van der Waals surface area contributed by atoms with Crippen molar-refractivity contribution in [3.05, 3.63) is 45.4 Å². The second kappa shape index (κ2) is 6.86.